The normalized spacial score (nSPS) is 33.2. The van der Waals surface area contributed by atoms with Gasteiger partial charge in [0.15, 0.2) is 0 Å². The molecule has 2 fully saturated rings. The Kier molecular flexibility index (Phi) is 5.38. The summed E-state index contributed by atoms with van der Waals surface area (Å²) in [5, 5.41) is 20.4. The van der Waals surface area contributed by atoms with Gasteiger partial charge in [-0.25, -0.2) is 9.59 Å². The van der Waals surface area contributed by atoms with E-state index in [1.807, 2.05) is 30.3 Å². The number of aliphatic hydroxyl groups excluding tert-OH is 1. The molecule has 1 aromatic rings. The van der Waals surface area contributed by atoms with Crippen LogP contribution >= 0.6 is 0 Å². The highest BCUT2D eigenvalue weighted by molar-refractivity contribution is 5.87. The van der Waals surface area contributed by atoms with Crippen LogP contribution < -0.4 is 0 Å². The summed E-state index contributed by atoms with van der Waals surface area (Å²) in [6.45, 7) is -0.187. The first-order valence-electron chi connectivity index (χ1n) is 8.15. The van der Waals surface area contributed by atoms with Crippen molar-refractivity contribution in [1.82, 2.24) is 0 Å². The van der Waals surface area contributed by atoms with Gasteiger partial charge in [0.25, 0.3) is 5.79 Å². The van der Waals surface area contributed by atoms with Gasteiger partial charge < -0.3 is 29.2 Å². The summed E-state index contributed by atoms with van der Waals surface area (Å²) in [6.07, 6.45) is -1.05. The molecule has 5 atom stereocenters. The van der Waals surface area contributed by atoms with E-state index in [0.29, 0.717) is 0 Å². The van der Waals surface area contributed by atoms with Gasteiger partial charge in [-0.2, -0.15) is 0 Å². The molecule has 2 N–H and O–H groups in total. The molecule has 2 bridgehead atoms. The van der Waals surface area contributed by atoms with E-state index in [0.717, 1.165) is 12.7 Å². The molecule has 140 valence electrons. The van der Waals surface area contributed by atoms with E-state index < -0.39 is 42.1 Å². The lowest BCUT2D eigenvalue weighted by Crippen LogP contribution is -2.56. The van der Waals surface area contributed by atoms with Gasteiger partial charge in [-0.1, -0.05) is 30.3 Å². The average molecular weight is 364 g/mol. The van der Waals surface area contributed by atoms with E-state index in [1.54, 1.807) is 6.08 Å². The number of aliphatic hydroxyl groups is 2. The molecule has 0 aromatic heterocycles. The minimum absolute atomic E-state index is 0.187. The smallest absolute Gasteiger partial charge is 0.366 e. The van der Waals surface area contributed by atoms with Crippen molar-refractivity contribution in [3.8, 4) is 0 Å². The van der Waals surface area contributed by atoms with Crippen molar-refractivity contribution in [2.24, 2.45) is 0 Å². The number of hydrogen-bond acceptors (Lipinski definition) is 8. The number of carbonyl (C=O) groups is 2. The molecule has 0 spiro atoms. The lowest BCUT2D eigenvalue weighted by atomic mass is 9.96. The first kappa shape index (κ1) is 18.5. The average Bonchev–Trinajstić information content (AvgIpc) is 2.83. The Labute approximate surface area is 149 Å². The number of ether oxygens (including phenoxy) is 4. The maximum Gasteiger partial charge on any atom is 0.366 e. The largest absolute Gasteiger partial charge is 0.465 e. The maximum atomic E-state index is 11.8. The minimum atomic E-state index is -2.19. The van der Waals surface area contributed by atoms with E-state index in [9.17, 15) is 19.8 Å². The van der Waals surface area contributed by atoms with E-state index in [2.05, 4.69) is 4.74 Å². The van der Waals surface area contributed by atoms with Gasteiger partial charge in [0, 0.05) is 12.5 Å². The van der Waals surface area contributed by atoms with E-state index in [-0.39, 0.29) is 13.0 Å². The van der Waals surface area contributed by atoms with Crippen molar-refractivity contribution in [3.05, 3.63) is 42.0 Å². The van der Waals surface area contributed by atoms with Gasteiger partial charge in [-0.3, -0.25) is 0 Å². The summed E-state index contributed by atoms with van der Waals surface area (Å²) < 4.78 is 20.5. The van der Waals surface area contributed by atoms with E-state index in [1.165, 1.54) is 6.08 Å². The lowest BCUT2D eigenvalue weighted by Gasteiger charge is -2.35. The first-order valence-corrected chi connectivity index (χ1v) is 8.15. The lowest BCUT2D eigenvalue weighted by molar-refractivity contribution is -0.271. The van der Waals surface area contributed by atoms with Gasteiger partial charge in [0.1, 0.15) is 24.9 Å². The SMILES string of the molecule is COC(=O)[C@@]1(O)C[C@H]2O[C@H](COC(=O)/C=C\c3ccccc3)[C@@H](O1)[C@H]2O. The van der Waals surface area contributed by atoms with Crippen LogP contribution in [0, 0.1) is 0 Å². The zero-order valence-electron chi connectivity index (χ0n) is 14.1. The van der Waals surface area contributed by atoms with Crippen molar-refractivity contribution in [2.75, 3.05) is 13.7 Å². The van der Waals surface area contributed by atoms with Gasteiger partial charge in [0.2, 0.25) is 0 Å². The second-order valence-corrected chi connectivity index (χ2v) is 6.14. The molecule has 2 heterocycles. The number of benzene rings is 1. The summed E-state index contributed by atoms with van der Waals surface area (Å²) >= 11 is 0. The van der Waals surface area contributed by atoms with Gasteiger partial charge in [0.05, 0.1) is 13.2 Å². The summed E-state index contributed by atoms with van der Waals surface area (Å²) in [7, 11) is 1.12. The van der Waals surface area contributed by atoms with Crippen LogP contribution in [-0.4, -0.2) is 66.1 Å². The van der Waals surface area contributed by atoms with Crippen molar-refractivity contribution >= 4 is 18.0 Å². The molecular weight excluding hydrogens is 344 g/mol. The third-order valence-corrected chi connectivity index (χ3v) is 4.35. The number of esters is 2. The van der Waals surface area contributed by atoms with Crippen molar-refractivity contribution < 1.29 is 38.7 Å². The standard InChI is InChI=1S/C18H20O8/c1-23-17(21)18(22)9-12-15(20)16(26-18)13(25-12)10-24-14(19)8-7-11-5-3-2-4-6-11/h2-8,12-13,15-16,20,22H,9-10H2,1H3/b8-7-/t12-,13-,15+,16-,18-/m1/s1. The van der Waals surface area contributed by atoms with Crippen molar-refractivity contribution in [2.45, 2.75) is 36.6 Å². The molecule has 8 nitrogen and oxygen atoms in total. The van der Waals surface area contributed by atoms with Crippen LogP contribution in [0.3, 0.4) is 0 Å². The molecule has 0 aliphatic carbocycles. The Balaban J connectivity index is 1.57. The highest BCUT2D eigenvalue weighted by atomic mass is 16.7. The monoisotopic (exact) mass is 364 g/mol. The minimum Gasteiger partial charge on any atom is -0.465 e. The number of carbonyl (C=O) groups excluding carboxylic acids is 2. The van der Waals surface area contributed by atoms with Crippen LogP contribution in [0.1, 0.15) is 12.0 Å². The maximum absolute atomic E-state index is 11.8. The van der Waals surface area contributed by atoms with Crippen LogP contribution in [0.2, 0.25) is 0 Å². The zero-order valence-corrected chi connectivity index (χ0v) is 14.1. The molecule has 26 heavy (non-hydrogen) atoms. The molecule has 0 radical (unpaired) electrons. The molecule has 2 aliphatic heterocycles. The second kappa shape index (κ2) is 7.55. The molecule has 8 heteroatoms. The number of hydrogen-bond donors (Lipinski definition) is 2. The molecule has 2 saturated heterocycles. The van der Waals surface area contributed by atoms with Crippen molar-refractivity contribution in [3.63, 3.8) is 0 Å². The Bertz CT molecular complexity index is 688. The third kappa shape index (κ3) is 3.78. The summed E-state index contributed by atoms with van der Waals surface area (Å²) in [4.78, 5) is 23.5. The Hall–Kier alpha value is -2.26. The van der Waals surface area contributed by atoms with Gasteiger partial charge >= 0.3 is 11.9 Å². The molecule has 0 amide bonds. The highest BCUT2D eigenvalue weighted by Gasteiger charge is 2.59. The number of rotatable bonds is 5. The molecule has 0 saturated carbocycles. The van der Waals surface area contributed by atoms with Crippen LogP contribution in [0.25, 0.3) is 6.08 Å². The third-order valence-electron chi connectivity index (χ3n) is 4.35. The summed E-state index contributed by atoms with van der Waals surface area (Å²) in [5.74, 6) is -3.74. The topological polar surface area (TPSA) is 112 Å². The first-order chi connectivity index (χ1) is 12.4. The molecule has 0 unspecified atom stereocenters. The Morgan fingerprint density at radius 2 is 2.08 bits per heavy atom. The highest BCUT2D eigenvalue weighted by Crippen LogP contribution is 2.38. The van der Waals surface area contributed by atoms with E-state index in [4.69, 9.17) is 14.2 Å². The van der Waals surface area contributed by atoms with Gasteiger partial charge in [-0.15, -0.1) is 0 Å². The zero-order chi connectivity index (χ0) is 18.7. The predicted molar refractivity (Wildman–Crippen MR) is 87.6 cm³/mol. The predicted octanol–water partition coefficient (Wildman–Crippen LogP) is 0.0218. The van der Waals surface area contributed by atoms with Crippen LogP contribution in [0.15, 0.2) is 36.4 Å². The van der Waals surface area contributed by atoms with E-state index >= 15 is 0 Å². The van der Waals surface area contributed by atoms with Crippen LogP contribution in [-0.2, 0) is 28.5 Å². The molecular formula is C18H20O8. The number of methoxy groups -OCH3 is 1. The fourth-order valence-electron chi connectivity index (χ4n) is 3.04. The Morgan fingerprint density at radius 1 is 1.35 bits per heavy atom. The second-order valence-electron chi connectivity index (χ2n) is 6.14. The number of fused-ring (bicyclic) bond motifs is 2. The van der Waals surface area contributed by atoms with Crippen molar-refractivity contribution in [1.29, 1.82) is 0 Å². The molecule has 2 aliphatic rings. The Morgan fingerprint density at radius 3 is 2.77 bits per heavy atom. The molecule has 1 aromatic carbocycles. The fourth-order valence-corrected chi connectivity index (χ4v) is 3.04. The van der Waals surface area contributed by atoms with Crippen LogP contribution in [0.5, 0.6) is 0 Å². The van der Waals surface area contributed by atoms with Crippen LogP contribution in [0.4, 0.5) is 0 Å². The summed E-state index contributed by atoms with van der Waals surface area (Å²) in [6, 6.07) is 9.24. The molecule has 3 rings (SSSR count). The van der Waals surface area contributed by atoms with Gasteiger partial charge in [-0.05, 0) is 11.6 Å². The summed E-state index contributed by atoms with van der Waals surface area (Å²) in [5.41, 5.74) is 0.847. The quantitative estimate of drug-likeness (QED) is 0.556. The fraction of sp³-hybridized carbons (Fsp3) is 0.444.